The van der Waals surface area contributed by atoms with Crippen LogP contribution >= 0.6 is 0 Å². The molecule has 2 heteroatoms. The Labute approximate surface area is 67.9 Å². The molecule has 0 aliphatic rings. The Morgan fingerprint density at radius 1 is 1.64 bits per heavy atom. The van der Waals surface area contributed by atoms with Crippen molar-refractivity contribution in [2.45, 2.75) is 32.8 Å². The first-order chi connectivity index (χ1) is 5.26. The summed E-state index contributed by atoms with van der Waals surface area (Å²) < 4.78 is 5.16. The van der Waals surface area contributed by atoms with Gasteiger partial charge >= 0.3 is 0 Å². The van der Waals surface area contributed by atoms with Crippen molar-refractivity contribution < 1.29 is 9.53 Å². The van der Waals surface area contributed by atoms with Gasteiger partial charge in [0.1, 0.15) is 6.10 Å². The molecule has 11 heavy (non-hydrogen) atoms. The van der Waals surface area contributed by atoms with E-state index in [-0.39, 0.29) is 18.3 Å². The van der Waals surface area contributed by atoms with Crippen LogP contribution in [0.2, 0.25) is 0 Å². The van der Waals surface area contributed by atoms with Gasteiger partial charge in [0.2, 0.25) is 0 Å². The van der Waals surface area contributed by atoms with E-state index in [0.29, 0.717) is 13.0 Å². The summed E-state index contributed by atoms with van der Waals surface area (Å²) in [5, 5.41) is 0. The van der Waals surface area contributed by atoms with Gasteiger partial charge in [0.05, 0.1) is 6.42 Å². The summed E-state index contributed by atoms with van der Waals surface area (Å²) in [5.74, 6) is 2.32. The van der Waals surface area contributed by atoms with E-state index >= 15 is 0 Å². The molecule has 0 saturated heterocycles. The Morgan fingerprint density at radius 2 is 2.27 bits per heavy atom. The smallest absolute Gasteiger partial charge is 0.173 e. The third kappa shape index (κ3) is 3.79. The molecule has 2 nitrogen and oxygen atoms in total. The van der Waals surface area contributed by atoms with Crippen LogP contribution in [0.4, 0.5) is 0 Å². The van der Waals surface area contributed by atoms with Crippen molar-refractivity contribution in [3.05, 3.63) is 0 Å². The van der Waals surface area contributed by atoms with Gasteiger partial charge < -0.3 is 4.74 Å². The number of ketones is 1. The Morgan fingerprint density at radius 3 is 2.64 bits per heavy atom. The minimum absolute atomic E-state index is 0.0110. The van der Waals surface area contributed by atoms with Crippen molar-refractivity contribution in [3.8, 4) is 12.3 Å². The standard InChI is InChI=1S/C9H14O2/c1-4-7-8(10)9(5-2)11-6-3/h1,9H,5-7H2,2-3H3. The van der Waals surface area contributed by atoms with Gasteiger partial charge in [-0.2, -0.15) is 0 Å². The molecule has 0 aromatic carbocycles. The summed E-state index contributed by atoms with van der Waals surface area (Å²) >= 11 is 0. The van der Waals surface area contributed by atoms with Gasteiger partial charge in [0, 0.05) is 6.61 Å². The van der Waals surface area contributed by atoms with E-state index in [9.17, 15) is 4.79 Å². The molecule has 0 amide bonds. The average molecular weight is 154 g/mol. The summed E-state index contributed by atoms with van der Waals surface area (Å²) in [5.41, 5.74) is 0. The number of terminal acetylenes is 1. The molecule has 0 bridgehead atoms. The van der Waals surface area contributed by atoms with E-state index in [1.807, 2.05) is 13.8 Å². The largest absolute Gasteiger partial charge is 0.371 e. The number of hydrogen-bond donors (Lipinski definition) is 0. The van der Waals surface area contributed by atoms with Crippen molar-refractivity contribution in [2.75, 3.05) is 6.61 Å². The summed E-state index contributed by atoms with van der Waals surface area (Å²) in [6.07, 6.45) is 5.58. The normalized spacial score (nSPS) is 12.1. The maximum absolute atomic E-state index is 11.1. The van der Waals surface area contributed by atoms with Crippen molar-refractivity contribution in [3.63, 3.8) is 0 Å². The van der Waals surface area contributed by atoms with Gasteiger partial charge in [0.15, 0.2) is 5.78 Å². The Hall–Kier alpha value is -0.810. The third-order valence-electron chi connectivity index (χ3n) is 1.37. The van der Waals surface area contributed by atoms with Crippen molar-refractivity contribution in [1.82, 2.24) is 0 Å². The second-order valence-electron chi connectivity index (χ2n) is 2.20. The van der Waals surface area contributed by atoms with Gasteiger partial charge in [-0.25, -0.2) is 0 Å². The first-order valence-corrected chi connectivity index (χ1v) is 3.84. The molecule has 0 aliphatic heterocycles. The molecule has 0 spiro atoms. The van der Waals surface area contributed by atoms with Gasteiger partial charge in [-0.05, 0) is 13.3 Å². The number of rotatable bonds is 5. The Balaban J connectivity index is 3.83. The lowest BCUT2D eigenvalue weighted by Crippen LogP contribution is -2.22. The molecule has 0 saturated carbocycles. The lowest BCUT2D eigenvalue weighted by Gasteiger charge is -2.11. The topological polar surface area (TPSA) is 26.3 Å². The first-order valence-electron chi connectivity index (χ1n) is 3.84. The highest BCUT2D eigenvalue weighted by molar-refractivity contribution is 5.85. The fourth-order valence-electron chi connectivity index (χ4n) is 0.854. The molecule has 0 fully saturated rings. The maximum atomic E-state index is 11.1. The fraction of sp³-hybridized carbons (Fsp3) is 0.667. The summed E-state index contributed by atoms with van der Waals surface area (Å²) in [4.78, 5) is 11.1. The van der Waals surface area contributed by atoms with Crippen LogP contribution in [0.25, 0.3) is 0 Å². The summed E-state index contributed by atoms with van der Waals surface area (Å²) in [6, 6.07) is 0. The van der Waals surface area contributed by atoms with E-state index in [1.54, 1.807) is 0 Å². The predicted octanol–water partition coefficient (Wildman–Crippen LogP) is 1.39. The van der Waals surface area contributed by atoms with Crippen molar-refractivity contribution >= 4 is 5.78 Å². The van der Waals surface area contributed by atoms with Gasteiger partial charge in [-0.1, -0.05) is 12.8 Å². The van der Waals surface area contributed by atoms with Crippen LogP contribution in [0.5, 0.6) is 0 Å². The van der Waals surface area contributed by atoms with Crippen molar-refractivity contribution in [1.29, 1.82) is 0 Å². The lowest BCUT2D eigenvalue weighted by atomic mass is 10.1. The molecular weight excluding hydrogens is 140 g/mol. The van der Waals surface area contributed by atoms with E-state index in [2.05, 4.69) is 5.92 Å². The first kappa shape index (κ1) is 10.2. The summed E-state index contributed by atoms with van der Waals surface area (Å²) in [7, 11) is 0. The predicted molar refractivity (Wildman–Crippen MR) is 44.2 cm³/mol. The number of carbonyl (C=O) groups is 1. The van der Waals surface area contributed by atoms with Crippen LogP contribution in [0.3, 0.4) is 0 Å². The minimum Gasteiger partial charge on any atom is -0.371 e. The van der Waals surface area contributed by atoms with Crippen LogP contribution in [0, 0.1) is 12.3 Å². The highest BCUT2D eigenvalue weighted by Gasteiger charge is 2.14. The van der Waals surface area contributed by atoms with Crippen LogP contribution < -0.4 is 0 Å². The number of ether oxygens (including phenoxy) is 1. The molecule has 0 aromatic heterocycles. The SMILES string of the molecule is C#CCC(=O)C(CC)OCC. The highest BCUT2D eigenvalue weighted by Crippen LogP contribution is 2.01. The molecule has 0 heterocycles. The second kappa shape index (κ2) is 5.94. The molecule has 0 aliphatic carbocycles. The van der Waals surface area contributed by atoms with Gasteiger partial charge in [0.25, 0.3) is 0 Å². The van der Waals surface area contributed by atoms with E-state index in [1.165, 1.54) is 0 Å². The Kier molecular flexibility index (Phi) is 5.50. The number of hydrogen-bond acceptors (Lipinski definition) is 2. The molecule has 62 valence electrons. The minimum atomic E-state index is -0.295. The molecule has 1 atom stereocenters. The van der Waals surface area contributed by atoms with E-state index in [4.69, 9.17) is 11.2 Å². The van der Waals surface area contributed by atoms with Gasteiger partial charge in [-0.15, -0.1) is 6.42 Å². The third-order valence-corrected chi connectivity index (χ3v) is 1.37. The van der Waals surface area contributed by atoms with Crippen molar-refractivity contribution in [2.24, 2.45) is 0 Å². The second-order valence-corrected chi connectivity index (χ2v) is 2.20. The molecule has 0 radical (unpaired) electrons. The van der Waals surface area contributed by atoms with Crippen LogP contribution in [0.15, 0.2) is 0 Å². The highest BCUT2D eigenvalue weighted by atomic mass is 16.5. The van der Waals surface area contributed by atoms with Gasteiger partial charge in [-0.3, -0.25) is 4.79 Å². The monoisotopic (exact) mass is 154 g/mol. The van der Waals surface area contributed by atoms with Crippen LogP contribution in [-0.4, -0.2) is 18.5 Å². The van der Waals surface area contributed by atoms with E-state index < -0.39 is 0 Å². The number of Topliss-reactive ketones (excluding diaryl/α,β-unsaturated/α-hetero) is 1. The quantitative estimate of drug-likeness (QED) is 0.559. The maximum Gasteiger partial charge on any atom is 0.173 e. The molecule has 0 rings (SSSR count). The average Bonchev–Trinajstić information content (AvgIpc) is 2.00. The zero-order valence-corrected chi connectivity index (χ0v) is 7.09. The molecule has 0 aromatic rings. The lowest BCUT2D eigenvalue weighted by molar-refractivity contribution is -0.129. The van der Waals surface area contributed by atoms with E-state index in [0.717, 1.165) is 0 Å². The summed E-state index contributed by atoms with van der Waals surface area (Å²) in [6.45, 7) is 4.34. The zero-order chi connectivity index (χ0) is 8.69. The molecule has 1 unspecified atom stereocenters. The molecule has 0 N–H and O–H groups in total. The molecular formula is C9H14O2. The fourth-order valence-corrected chi connectivity index (χ4v) is 0.854. The van der Waals surface area contributed by atoms with Crippen LogP contribution in [-0.2, 0) is 9.53 Å². The Bertz CT molecular complexity index is 155. The van der Waals surface area contributed by atoms with Crippen LogP contribution in [0.1, 0.15) is 26.7 Å². The number of carbonyl (C=O) groups excluding carboxylic acids is 1. The zero-order valence-electron chi connectivity index (χ0n) is 7.09.